The summed E-state index contributed by atoms with van der Waals surface area (Å²) < 4.78 is 15.7. The quantitative estimate of drug-likeness (QED) is 0.294. The third-order valence-electron chi connectivity index (χ3n) is 4.84. The number of fused-ring (bicyclic) bond motifs is 1. The van der Waals surface area contributed by atoms with Crippen LogP contribution in [0, 0.1) is 0 Å². The van der Waals surface area contributed by atoms with Crippen LogP contribution in [0.1, 0.15) is 5.56 Å². The number of amides is 1. The summed E-state index contributed by atoms with van der Waals surface area (Å²) in [5, 5.41) is 5.77. The molecule has 0 aliphatic rings. The van der Waals surface area contributed by atoms with Crippen molar-refractivity contribution in [1.29, 1.82) is 0 Å². The Labute approximate surface area is 199 Å². The molecule has 0 aliphatic heterocycles. The number of carbonyl (C=O) groups is 2. The molecule has 2 aromatic heterocycles. The SMILES string of the molecule is COc1ccc(OC)c(-c2csc(NC(=O)COC(=O)/C=C/c3cccc4cccnc34)n2)c1. The van der Waals surface area contributed by atoms with Crippen molar-refractivity contribution in [3.05, 3.63) is 71.7 Å². The van der Waals surface area contributed by atoms with E-state index in [9.17, 15) is 9.59 Å². The number of benzene rings is 2. The van der Waals surface area contributed by atoms with Crippen LogP contribution in [0.3, 0.4) is 0 Å². The number of nitrogens with one attached hydrogen (secondary N) is 1. The van der Waals surface area contributed by atoms with Crippen LogP contribution in [0.25, 0.3) is 28.2 Å². The second-order valence-corrected chi connectivity index (χ2v) is 7.87. The number of esters is 1. The van der Waals surface area contributed by atoms with Gasteiger partial charge in [0.15, 0.2) is 11.7 Å². The molecule has 4 aromatic rings. The number of anilines is 1. The molecule has 1 amide bonds. The molecule has 0 fully saturated rings. The summed E-state index contributed by atoms with van der Waals surface area (Å²) in [6.45, 7) is -0.436. The number of pyridine rings is 1. The minimum absolute atomic E-state index is 0.373. The van der Waals surface area contributed by atoms with E-state index >= 15 is 0 Å². The Hall–Kier alpha value is -4.24. The van der Waals surface area contributed by atoms with Crippen molar-refractivity contribution >= 4 is 45.3 Å². The highest BCUT2D eigenvalue weighted by molar-refractivity contribution is 7.14. The molecule has 0 saturated carbocycles. The molecule has 0 radical (unpaired) electrons. The zero-order chi connectivity index (χ0) is 23.9. The van der Waals surface area contributed by atoms with Gasteiger partial charge in [-0.05, 0) is 30.3 Å². The van der Waals surface area contributed by atoms with Crippen molar-refractivity contribution in [3.8, 4) is 22.8 Å². The van der Waals surface area contributed by atoms with Crippen molar-refractivity contribution in [2.45, 2.75) is 0 Å². The number of thiazole rings is 1. The third-order valence-corrected chi connectivity index (χ3v) is 5.60. The number of methoxy groups -OCH3 is 2. The van der Waals surface area contributed by atoms with Crippen LogP contribution in [-0.4, -0.2) is 42.7 Å². The van der Waals surface area contributed by atoms with E-state index in [-0.39, 0.29) is 0 Å². The Morgan fingerprint density at radius 3 is 2.76 bits per heavy atom. The monoisotopic (exact) mass is 475 g/mol. The lowest BCUT2D eigenvalue weighted by Gasteiger charge is -2.08. The highest BCUT2D eigenvalue weighted by Crippen LogP contribution is 2.35. The van der Waals surface area contributed by atoms with Crippen LogP contribution in [0.2, 0.25) is 0 Å². The smallest absolute Gasteiger partial charge is 0.331 e. The van der Waals surface area contributed by atoms with E-state index in [0.29, 0.717) is 22.3 Å². The molecule has 34 heavy (non-hydrogen) atoms. The van der Waals surface area contributed by atoms with Gasteiger partial charge in [0.05, 0.1) is 25.4 Å². The highest BCUT2D eigenvalue weighted by Gasteiger charge is 2.14. The maximum atomic E-state index is 12.2. The Bertz CT molecular complexity index is 1360. The average molecular weight is 476 g/mol. The lowest BCUT2D eigenvalue weighted by atomic mass is 10.1. The van der Waals surface area contributed by atoms with Crippen molar-refractivity contribution in [2.75, 3.05) is 26.1 Å². The molecular weight excluding hydrogens is 454 g/mol. The van der Waals surface area contributed by atoms with Crippen LogP contribution in [0.5, 0.6) is 11.5 Å². The van der Waals surface area contributed by atoms with E-state index < -0.39 is 18.5 Å². The fraction of sp³-hybridized carbons (Fsp3) is 0.120. The molecule has 8 nitrogen and oxygen atoms in total. The fourth-order valence-electron chi connectivity index (χ4n) is 3.23. The van der Waals surface area contributed by atoms with Gasteiger partial charge >= 0.3 is 5.97 Å². The van der Waals surface area contributed by atoms with Gasteiger partial charge in [-0.15, -0.1) is 11.3 Å². The van der Waals surface area contributed by atoms with Gasteiger partial charge in [-0.2, -0.15) is 0 Å². The van der Waals surface area contributed by atoms with Crippen molar-refractivity contribution < 1.29 is 23.8 Å². The second-order valence-electron chi connectivity index (χ2n) is 7.02. The molecule has 2 aromatic carbocycles. The summed E-state index contributed by atoms with van der Waals surface area (Å²) in [5.41, 5.74) is 2.92. The summed E-state index contributed by atoms with van der Waals surface area (Å²) >= 11 is 1.25. The first-order valence-electron chi connectivity index (χ1n) is 10.2. The van der Waals surface area contributed by atoms with Gasteiger partial charge in [-0.25, -0.2) is 9.78 Å². The number of nitrogens with zero attached hydrogens (tertiary/aromatic N) is 2. The minimum Gasteiger partial charge on any atom is -0.497 e. The van der Waals surface area contributed by atoms with E-state index in [1.807, 2.05) is 30.3 Å². The minimum atomic E-state index is -0.635. The number of hydrogen-bond acceptors (Lipinski definition) is 8. The number of ether oxygens (including phenoxy) is 3. The normalized spacial score (nSPS) is 10.9. The van der Waals surface area contributed by atoms with Gasteiger partial charge in [0, 0.05) is 34.2 Å². The molecule has 9 heteroatoms. The highest BCUT2D eigenvalue weighted by atomic mass is 32.1. The zero-order valence-electron chi connectivity index (χ0n) is 18.5. The number of para-hydroxylation sites is 1. The molecule has 0 bridgehead atoms. The third kappa shape index (κ3) is 5.38. The largest absolute Gasteiger partial charge is 0.497 e. The second kappa shape index (κ2) is 10.6. The summed E-state index contributed by atoms with van der Waals surface area (Å²) in [7, 11) is 3.15. The first-order chi connectivity index (χ1) is 16.6. The number of aromatic nitrogens is 2. The molecule has 0 saturated heterocycles. The Balaban J connectivity index is 1.34. The average Bonchev–Trinajstić information content (AvgIpc) is 3.33. The van der Waals surface area contributed by atoms with Crippen molar-refractivity contribution in [2.24, 2.45) is 0 Å². The standard InChI is InChI=1S/C25H21N3O5S/c1-31-18-9-10-21(32-2)19(13-18)20-15-34-25(27-20)28-22(29)14-33-23(30)11-8-17-6-3-5-16-7-4-12-26-24(16)17/h3-13,15H,14H2,1-2H3,(H,27,28,29)/b11-8+. The molecular formula is C25H21N3O5S. The van der Waals surface area contributed by atoms with Crippen LogP contribution in [-0.2, 0) is 14.3 Å². The van der Waals surface area contributed by atoms with E-state index in [2.05, 4.69) is 15.3 Å². The molecule has 1 N–H and O–H groups in total. The summed E-state index contributed by atoms with van der Waals surface area (Å²) in [5.74, 6) is 0.163. The van der Waals surface area contributed by atoms with Crippen LogP contribution < -0.4 is 14.8 Å². The van der Waals surface area contributed by atoms with E-state index in [1.54, 1.807) is 50.1 Å². The molecule has 0 unspecified atom stereocenters. The van der Waals surface area contributed by atoms with Gasteiger partial charge in [-0.3, -0.25) is 15.1 Å². The number of hydrogen-bond donors (Lipinski definition) is 1. The van der Waals surface area contributed by atoms with Crippen LogP contribution in [0.4, 0.5) is 5.13 Å². The van der Waals surface area contributed by atoms with Gasteiger partial charge in [0.25, 0.3) is 5.91 Å². The van der Waals surface area contributed by atoms with Crippen molar-refractivity contribution in [1.82, 2.24) is 9.97 Å². The Kier molecular flexibility index (Phi) is 7.14. The molecule has 4 rings (SSSR count). The molecule has 2 heterocycles. The number of carbonyl (C=O) groups excluding carboxylic acids is 2. The topological polar surface area (TPSA) is 99.6 Å². The van der Waals surface area contributed by atoms with Crippen LogP contribution >= 0.6 is 11.3 Å². The molecule has 0 spiro atoms. The zero-order valence-corrected chi connectivity index (χ0v) is 19.3. The van der Waals surface area contributed by atoms with E-state index in [1.165, 1.54) is 17.4 Å². The lowest BCUT2D eigenvalue weighted by molar-refractivity contribution is -0.142. The predicted octanol–water partition coefficient (Wildman–Crippen LogP) is 4.57. The first kappa shape index (κ1) is 22.9. The summed E-state index contributed by atoms with van der Waals surface area (Å²) in [6.07, 6.45) is 4.58. The van der Waals surface area contributed by atoms with Gasteiger partial charge in [-0.1, -0.05) is 24.3 Å². The van der Waals surface area contributed by atoms with Crippen molar-refractivity contribution in [3.63, 3.8) is 0 Å². The fourth-order valence-corrected chi connectivity index (χ4v) is 3.96. The maximum absolute atomic E-state index is 12.2. The first-order valence-corrected chi connectivity index (χ1v) is 11.1. The Morgan fingerprint density at radius 2 is 1.94 bits per heavy atom. The van der Waals surface area contributed by atoms with E-state index in [0.717, 1.165) is 22.0 Å². The Morgan fingerprint density at radius 1 is 1.09 bits per heavy atom. The molecule has 172 valence electrons. The van der Waals surface area contributed by atoms with Gasteiger partial charge in [0.1, 0.15) is 11.5 Å². The van der Waals surface area contributed by atoms with E-state index in [4.69, 9.17) is 14.2 Å². The molecule has 0 atom stereocenters. The molecule has 0 aliphatic carbocycles. The van der Waals surface area contributed by atoms with Crippen LogP contribution in [0.15, 0.2) is 66.2 Å². The van der Waals surface area contributed by atoms with Gasteiger partial charge in [0.2, 0.25) is 0 Å². The number of rotatable bonds is 8. The summed E-state index contributed by atoms with van der Waals surface area (Å²) in [4.78, 5) is 33.1. The lowest BCUT2D eigenvalue weighted by Crippen LogP contribution is -2.20. The maximum Gasteiger partial charge on any atom is 0.331 e. The van der Waals surface area contributed by atoms with Gasteiger partial charge < -0.3 is 14.2 Å². The predicted molar refractivity (Wildman–Crippen MR) is 131 cm³/mol. The summed E-state index contributed by atoms with van der Waals surface area (Å²) in [6, 6.07) is 14.8.